The summed E-state index contributed by atoms with van der Waals surface area (Å²) in [4.78, 5) is 11.4. The summed E-state index contributed by atoms with van der Waals surface area (Å²) in [7, 11) is -1.59. The predicted molar refractivity (Wildman–Crippen MR) is 92.0 cm³/mol. The molecule has 0 amide bonds. The van der Waals surface area contributed by atoms with Crippen LogP contribution >= 0.6 is 0 Å². The fraction of sp³-hybridized carbons (Fsp3) is 0.824. The zero-order valence-corrected chi connectivity index (χ0v) is 16.0. The van der Waals surface area contributed by atoms with Gasteiger partial charge in [-0.25, -0.2) is 4.79 Å². The standard InChI is InChI=1S/C17H34O3Si/c1-8-19-16(18)15(2)13-11-9-10-12-14-20-21(6,7)17(3,4)5/h13H,8-12,14H2,1-7H3/b15-13+. The van der Waals surface area contributed by atoms with Gasteiger partial charge in [0.25, 0.3) is 0 Å². The minimum Gasteiger partial charge on any atom is -0.463 e. The minimum absolute atomic E-state index is 0.196. The maximum Gasteiger partial charge on any atom is 0.333 e. The summed E-state index contributed by atoms with van der Waals surface area (Å²) in [5.41, 5.74) is 0.717. The molecule has 0 rings (SSSR count). The number of ether oxygens (including phenoxy) is 1. The van der Waals surface area contributed by atoms with Gasteiger partial charge in [-0.2, -0.15) is 0 Å². The van der Waals surface area contributed by atoms with Crippen molar-refractivity contribution in [3.63, 3.8) is 0 Å². The van der Waals surface area contributed by atoms with Crippen molar-refractivity contribution < 1.29 is 14.0 Å². The molecule has 0 heterocycles. The zero-order valence-electron chi connectivity index (χ0n) is 15.0. The fourth-order valence-electron chi connectivity index (χ4n) is 1.61. The summed E-state index contributed by atoms with van der Waals surface area (Å²) in [6.45, 7) is 16.3. The summed E-state index contributed by atoms with van der Waals surface area (Å²) in [6.07, 6.45) is 6.25. The van der Waals surface area contributed by atoms with E-state index in [0.29, 0.717) is 6.61 Å². The van der Waals surface area contributed by atoms with Crippen molar-refractivity contribution in [3.8, 4) is 0 Å². The van der Waals surface area contributed by atoms with Crippen LogP contribution in [0.1, 0.15) is 60.3 Å². The number of unbranched alkanes of at least 4 members (excludes halogenated alkanes) is 3. The fourth-order valence-corrected chi connectivity index (χ4v) is 2.70. The molecule has 124 valence electrons. The topological polar surface area (TPSA) is 35.5 Å². The largest absolute Gasteiger partial charge is 0.463 e. The van der Waals surface area contributed by atoms with Gasteiger partial charge in [-0.3, -0.25) is 0 Å². The van der Waals surface area contributed by atoms with E-state index in [1.54, 1.807) is 0 Å². The van der Waals surface area contributed by atoms with Crippen LogP contribution in [-0.2, 0) is 14.0 Å². The Kier molecular flexibility index (Phi) is 9.14. The maximum absolute atomic E-state index is 11.4. The monoisotopic (exact) mass is 314 g/mol. The van der Waals surface area contributed by atoms with Crippen LogP contribution in [-0.4, -0.2) is 27.5 Å². The van der Waals surface area contributed by atoms with Crippen molar-refractivity contribution in [2.24, 2.45) is 0 Å². The van der Waals surface area contributed by atoms with Crippen molar-refractivity contribution in [1.29, 1.82) is 0 Å². The first-order valence-electron chi connectivity index (χ1n) is 8.09. The van der Waals surface area contributed by atoms with Crippen molar-refractivity contribution in [3.05, 3.63) is 11.6 Å². The smallest absolute Gasteiger partial charge is 0.333 e. The van der Waals surface area contributed by atoms with E-state index in [2.05, 4.69) is 33.9 Å². The molecule has 0 saturated heterocycles. The molecule has 0 unspecified atom stereocenters. The maximum atomic E-state index is 11.4. The Bertz CT molecular complexity index is 340. The number of carbonyl (C=O) groups is 1. The van der Waals surface area contributed by atoms with Crippen LogP contribution in [0.2, 0.25) is 18.1 Å². The van der Waals surface area contributed by atoms with Gasteiger partial charge in [0.1, 0.15) is 0 Å². The van der Waals surface area contributed by atoms with E-state index >= 15 is 0 Å². The second kappa shape index (κ2) is 9.41. The van der Waals surface area contributed by atoms with E-state index in [9.17, 15) is 4.79 Å². The molecule has 0 radical (unpaired) electrons. The molecule has 3 nitrogen and oxygen atoms in total. The molecule has 0 aromatic rings. The number of hydrogen-bond donors (Lipinski definition) is 0. The Labute approximate surface area is 132 Å². The molecule has 0 aromatic carbocycles. The van der Waals surface area contributed by atoms with Crippen LogP contribution in [0.25, 0.3) is 0 Å². The normalized spacial score (nSPS) is 13.4. The van der Waals surface area contributed by atoms with E-state index in [0.717, 1.165) is 37.9 Å². The molecular weight excluding hydrogens is 280 g/mol. The molecule has 4 heteroatoms. The third kappa shape index (κ3) is 8.42. The van der Waals surface area contributed by atoms with Crippen LogP contribution in [0.15, 0.2) is 11.6 Å². The lowest BCUT2D eigenvalue weighted by molar-refractivity contribution is -0.138. The van der Waals surface area contributed by atoms with Gasteiger partial charge in [0.2, 0.25) is 0 Å². The van der Waals surface area contributed by atoms with Crippen LogP contribution in [0.5, 0.6) is 0 Å². The summed E-state index contributed by atoms with van der Waals surface area (Å²) < 4.78 is 11.1. The molecule has 21 heavy (non-hydrogen) atoms. The van der Waals surface area contributed by atoms with E-state index in [-0.39, 0.29) is 11.0 Å². The lowest BCUT2D eigenvalue weighted by Gasteiger charge is -2.36. The van der Waals surface area contributed by atoms with Crippen LogP contribution in [0.3, 0.4) is 0 Å². The van der Waals surface area contributed by atoms with Gasteiger partial charge in [-0.05, 0) is 51.2 Å². The van der Waals surface area contributed by atoms with Crippen LogP contribution in [0, 0.1) is 0 Å². The zero-order chi connectivity index (χ0) is 16.5. The number of rotatable bonds is 9. The van der Waals surface area contributed by atoms with Gasteiger partial charge in [0, 0.05) is 12.2 Å². The Morgan fingerprint density at radius 2 is 1.76 bits per heavy atom. The molecule has 0 aliphatic carbocycles. The highest BCUT2D eigenvalue weighted by molar-refractivity contribution is 6.74. The number of hydrogen-bond acceptors (Lipinski definition) is 3. The first kappa shape index (κ1) is 20.4. The number of esters is 1. The molecule has 0 bridgehead atoms. The second-order valence-electron chi connectivity index (χ2n) is 7.07. The molecule has 0 aliphatic rings. The average molecular weight is 315 g/mol. The van der Waals surface area contributed by atoms with Crippen molar-refractivity contribution >= 4 is 14.3 Å². The highest BCUT2D eigenvalue weighted by atomic mass is 28.4. The van der Waals surface area contributed by atoms with Gasteiger partial charge < -0.3 is 9.16 Å². The quantitative estimate of drug-likeness (QED) is 0.258. The molecule has 0 saturated carbocycles. The molecular formula is C17H34O3Si. The van der Waals surface area contributed by atoms with Crippen molar-refractivity contribution in [2.45, 2.75) is 78.4 Å². The van der Waals surface area contributed by atoms with Gasteiger partial charge in [0.05, 0.1) is 6.61 Å². The number of carbonyl (C=O) groups excluding carboxylic acids is 1. The minimum atomic E-state index is -1.59. The van der Waals surface area contributed by atoms with Crippen molar-refractivity contribution in [1.82, 2.24) is 0 Å². The molecule has 0 aromatic heterocycles. The third-order valence-electron chi connectivity index (χ3n) is 4.17. The lowest BCUT2D eigenvalue weighted by Crippen LogP contribution is -2.40. The second-order valence-corrected chi connectivity index (χ2v) is 11.9. The predicted octanol–water partition coefficient (Wildman–Crippen LogP) is 5.08. The summed E-state index contributed by atoms with van der Waals surface area (Å²) >= 11 is 0. The Hall–Kier alpha value is -0.613. The van der Waals surface area contributed by atoms with Crippen molar-refractivity contribution in [2.75, 3.05) is 13.2 Å². The van der Waals surface area contributed by atoms with Gasteiger partial charge in [-0.15, -0.1) is 0 Å². The Morgan fingerprint density at radius 1 is 1.14 bits per heavy atom. The molecule has 0 fully saturated rings. The van der Waals surface area contributed by atoms with Gasteiger partial charge >= 0.3 is 5.97 Å². The van der Waals surface area contributed by atoms with Gasteiger partial charge in [-0.1, -0.05) is 33.3 Å². The summed E-state index contributed by atoms with van der Waals surface area (Å²) in [5.74, 6) is -0.196. The molecule has 0 atom stereocenters. The Balaban J connectivity index is 3.79. The molecule has 0 N–H and O–H groups in total. The summed E-state index contributed by atoms with van der Waals surface area (Å²) in [6, 6.07) is 0. The summed E-state index contributed by atoms with van der Waals surface area (Å²) in [5, 5.41) is 0.284. The van der Waals surface area contributed by atoms with Crippen LogP contribution < -0.4 is 0 Å². The third-order valence-corrected chi connectivity index (χ3v) is 8.70. The molecule has 0 spiro atoms. The van der Waals surface area contributed by atoms with E-state index < -0.39 is 8.32 Å². The average Bonchev–Trinajstić information content (AvgIpc) is 2.36. The van der Waals surface area contributed by atoms with Gasteiger partial charge in [0.15, 0.2) is 8.32 Å². The highest BCUT2D eigenvalue weighted by Gasteiger charge is 2.36. The highest BCUT2D eigenvalue weighted by Crippen LogP contribution is 2.36. The first-order chi connectivity index (χ1) is 9.62. The van der Waals surface area contributed by atoms with E-state index in [4.69, 9.17) is 9.16 Å². The van der Waals surface area contributed by atoms with E-state index in [1.165, 1.54) is 0 Å². The lowest BCUT2D eigenvalue weighted by atomic mass is 10.1. The molecule has 0 aliphatic heterocycles. The Morgan fingerprint density at radius 3 is 2.29 bits per heavy atom. The number of allylic oxidation sites excluding steroid dienone is 1. The first-order valence-corrected chi connectivity index (χ1v) is 11.0. The van der Waals surface area contributed by atoms with E-state index in [1.807, 2.05) is 19.9 Å². The SMILES string of the molecule is CCOC(=O)/C(C)=C/CCCCCO[Si](C)(C)C(C)(C)C. The van der Waals surface area contributed by atoms with Crippen LogP contribution in [0.4, 0.5) is 0 Å².